The maximum atomic E-state index is 13.7. The molecule has 7 heteroatoms. The Labute approximate surface area is 192 Å². The van der Waals surface area contributed by atoms with Crippen LogP contribution in [0.25, 0.3) is 10.2 Å². The monoisotopic (exact) mass is 461 g/mol. The average molecular weight is 462 g/mol. The van der Waals surface area contributed by atoms with E-state index in [0.29, 0.717) is 16.7 Å². The summed E-state index contributed by atoms with van der Waals surface area (Å²) in [6, 6.07) is 11.7. The van der Waals surface area contributed by atoms with Gasteiger partial charge in [0.1, 0.15) is 0 Å². The Morgan fingerprint density at radius 2 is 1.83 bits per heavy atom. The number of carbonyl (C=O) groups is 1. The van der Waals surface area contributed by atoms with Gasteiger partial charge in [-0.05, 0) is 49.5 Å². The number of nitrogens with zero attached hydrogens (tertiary/aromatic N) is 3. The minimum absolute atomic E-state index is 0.00784. The van der Waals surface area contributed by atoms with Crippen molar-refractivity contribution < 1.29 is 4.79 Å². The molecule has 0 fully saturated rings. The van der Waals surface area contributed by atoms with Crippen molar-refractivity contribution in [3.63, 3.8) is 0 Å². The predicted octanol–water partition coefficient (Wildman–Crippen LogP) is 6.36. The van der Waals surface area contributed by atoms with Crippen molar-refractivity contribution in [1.82, 2.24) is 9.88 Å². The maximum Gasteiger partial charge on any atom is 0.261 e. The van der Waals surface area contributed by atoms with Gasteiger partial charge in [0.15, 0.2) is 5.13 Å². The fourth-order valence-electron chi connectivity index (χ4n) is 3.34. The molecule has 0 saturated heterocycles. The molecule has 0 aliphatic heterocycles. The van der Waals surface area contributed by atoms with Gasteiger partial charge in [-0.25, -0.2) is 4.98 Å². The van der Waals surface area contributed by atoms with Crippen molar-refractivity contribution in [1.29, 1.82) is 0 Å². The van der Waals surface area contributed by atoms with Crippen LogP contribution in [0.3, 0.4) is 0 Å². The third-order valence-corrected chi connectivity index (χ3v) is 7.61. The minimum atomic E-state index is -0.00784. The number of hydrogen-bond acceptors (Lipinski definition) is 5. The topological polar surface area (TPSA) is 36.4 Å². The van der Waals surface area contributed by atoms with Gasteiger partial charge in [-0.3, -0.25) is 9.69 Å². The molecule has 1 amide bonds. The first kappa shape index (κ1) is 23.1. The summed E-state index contributed by atoms with van der Waals surface area (Å²) in [7, 11) is 0. The Morgan fingerprint density at radius 3 is 2.50 bits per heavy atom. The maximum absolute atomic E-state index is 13.7. The van der Waals surface area contributed by atoms with Crippen molar-refractivity contribution in [3.05, 3.63) is 52.5 Å². The lowest BCUT2D eigenvalue weighted by Gasteiger charge is -2.25. The molecule has 0 atom stereocenters. The molecule has 0 saturated carbocycles. The summed E-state index contributed by atoms with van der Waals surface area (Å²) in [4.78, 5) is 23.7. The molecule has 0 unspecified atom stereocenters. The van der Waals surface area contributed by atoms with Gasteiger partial charge in [0.2, 0.25) is 0 Å². The number of thiazole rings is 1. The van der Waals surface area contributed by atoms with Gasteiger partial charge in [0.05, 0.1) is 20.8 Å². The smallest absolute Gasteiger partial charge is 0.261 e. The first-order chi connectivity index (χ1) is 14.5. The normalized spacial score (nSPS) is 11.4. The van der Waals surface area contributed by atoms with Crippen molar-refractivity contribution in [2.24, 2.45) is 0 Å². The molecule has 3 rings (SSSR count). The molecule has 0 spiro atoms. The number of benzene rings is 2. The molecule has 30 heavy (non-hydrogen) atoms. The summed E-state index contributed by atoms with van der Waals surface area (Å²) >= 11 is 9.62. The van der Waals surface area contributed by atoms with Crippen LogP contribution >= 0.6 is 34.7 Å². The number of rotatable bonds is 9. The van der Waals surface area contributed by atoms with Crippen LogP contribution in [0.5, 0.6) is 0 Å². The van der Waals surface area contributed by atoms with E-state index in [1.165, 1.54) is 11.3 Å². The fraction of sp³-hybridized carbons (Fsp3) is 0.391. The number of likely N-dealkylation sites (N-methyl/N-ethyl adjacent to an activating group) is 1. The van der Waals surface area contributed by atoms with Gasteiger partial charge >= 0.3 is 0 Å². The van der Waals surface area contributed by atoms with Crippen molar-refractivity contribution >= 4 is 56.0 Å². The summed E-state index contributed by atoms with van der Waals surface area (Å²) in [6.07, 6.45) is 0. The third-order valence-electron chi connectivity index (χ3n) is 5.11. The van der Waals surface area contributed by atoms with Gasteiger partial charge in [-0.1, -0.05) is 61.9 Å². The lowest BCUT2D eigenvalue weighted by Crippen LogP contribution is -2.39. The van der Waals surface area contributed by atoms with Gasteiger partial charge in [0.25, 0.3) is 5.91 Å². The standard InChI is InChI=1S/C23H28ClN3OS2/c1-5-26(6-2)14-15-27(22(28)17-10-8-9-11-19(17)29-7-3)23-25-20-16(4)12-13-18(24)21(20)30-23/h8-13H,5-7,14-15H2,1-4H3. The number of anilines is 1. The fourth-order valence-corrected chi connectivity index (χ4v) is 5.48. The molecule has 0 bridgehead atoms. The summed E-state index contributed by atoms with van der Waals surface area (Å²) < 4.78 is 0.934. The highest BCUT2D eigenvalue weighted by atomic mass is 35.5. The molecule has 0 N–H and O–H groups in total. The number of amides is 1. The summed E-state index contributed by atoms with van der Waals surface area (Å²) in [5.74, 6) is 0.909. The van der Waals surface area contributed by atoms with E-state index in [4.69, 9.17) is 16.6 Å². The average Bonchev–Trinajstić information content (AvgIpc) is 3.21. The quantitative estimate of drug-likeness (QED) is 0.347. The molecule has 2 aromatic carbocycles. The second-order valence-electron chi connectivity index (χ2n) is 6.95. The number of thioether (sulfide) groups is 1. The Bertz CT molecular complexity index is 978. The van der Waals surface area contributed by atoms with E-state index >= 15 is 0 Å². The minimum Gasteiger partial charge on any atom is -0.302 e. The lowest BCUT2D eigenvalue weighted by atomic mass is 10.2. The van der Waals surface area contributed by atoms with Gasteiger partial charge in [-0.15, -0.1) is 11.8 Å². The van der Waals surface area contributed by atoms with Gasteiger partial charge in [0, 0.05) is 18.0 Å². The van der Waals surface area contributed by atoms with Crippen molar-refractivity contribution in [2.45, 2.75) is 32.6 Å². The summed E-state index contributed by atoms with van der Waals surface area (Å²) in [5, 5.41) is 1.38. The molecule has 1 heterocycles. The van der Waals surface area contributed by atoms with Gasteiger partial charge < -0.3 is 4.90 Å². The van der Waals surface area contributed by atoms with Crippen LogP contribution in [0.2, 0.25) is 5.02 Å². The first-order valence-electron chi connectivity index (χ1n) is 10.3. The van der Waals surface area contributed by atoms with Crippen LogP contribution in [0, 0.1) is 6.92 Å². The highest BCUT2D eigenvalue weighted by molar-refractivity contribution is 7.99. The van der Waals surface area contributed by atoms with Crippen LogP contribution in [0.4, 0.5) is 5.13 Å². The van der Waals surface area contributed by atoms with E-state index in [1.807, 2.05) is 48.2 Å². The third kappa shape index (κ3) is 4.99. The highest BCUT2D eigenvalue weighted by Crippen LogP contribution is 2.36. The van der Waals surface area contributed by atoms with Gasteiger partial charge in [-0.2, -0.15) is 0 Å². The Kier molecular flexibility index (Phi) is 8.17. The van der Waals surface area contributed by atoms with Crippen molar-refractivity contribution in [3.8, 4) is 0 Å². The molecule has 4 nitrogen and oxygen atoms in total. The number of carbonyl (C=O) groups excluding carboxylic acids is 1. The van der Waals surface area contributed by atoms with E-state index in [0.717, 1.165) is 51.6 Å². The molecule has 3 aromatic rings. The Morgan fingerprint density at radius 1 is 1.10 bits per heavy atom. The SMILES string of the molecule is CCSc1ccccc1C(=O)N(CCN(CC)CC)c1nc2c(C)ccc(Cl)c2s1. The second-order valence-corrected chi connectivity index (χ2v) is 9.64. The molecule has 0 aliphatic carbocycles. The second kappa shape index (κ2) is 10.6. The number of aromatic nitrogens is 1. The lowest BCUT2D eigenvalue weighted by molar-refractivity contribution is 0.0981. The highest BCUT2D eigenvalue weighted by Gasteiger charge is 2.24. The molecular formula is C23H28ClN3OS2. The van der Waals surface area contributed by atoms with Crippen LogP contribution in [0.15, 0.2) is 41.3 Å². The van der Waals surface area contributed by atoms with E-state index in [-0.39, 0.29) is 5.91 Å². The summed E-state index contributed by atoms with van der Waals surface area (Å²) in [6.45, 7) is 11.7. The zero-order chi connectivity index (χ0) is 21.7. The van der Waals surface area contributed by atoms with Crippen LogP contribution in [0.1, 0.15) is 36.7 Å². The van der Waals surface area contributed by atoms with E-state index in [9.17, 15) is 4.79 Å². The molecule has 1 aromatic heterocycles. The number of aryl methyl sites for hydroxylation is 1. The largest absolute Gasteiger partial charge is 0.302 e. The molecular weight excluding hydrogens is 434 g/mol. The number of hydrogen-bond donors (Lipinski definition) is 0. The molecule has 0 radical (unpaired) electrons. The Balaban J connectivity index is 2.04. The van der Waals surface area contributed by atoms with Crippen LogP contribution in [-0.4, -0.2) is 47.7 Å². The zero-order valence-electron chi connectivity index (χ0n) is 17.9. The number of halogens is 1. The van der Waals surface area contributed by atoms with Crippen LogP contribution < -0.4 is 4.90 Å². The summed E-state index contributed by atoms with van der Waals surface area (Å²) in [5.41, 5.74) is 2.67. The number of fused-ring (bicyclic) bond motifs is 1. The predicted molar refractivity (Wildman–Crippen MR) is 132 cm³/mol. The van der Waals surface area contributed by atoms with Crippen molar-refractivity contribution in [2.75, 3.05) is 36.8 Å². The van der Waals surface area contributed by atoms with E-state index < -0.39 is 0 Å². The Hall–Kier alpha value is -1.60. The van der Waals surface area contributed by atoms with E-state index in [2.05, 4.69) is 25.7 Å². The zero-order valence-corrected chi connectivity index (χ0v) is 20.3. The molecule has 160 valence electrons. The van der Waals surface area contributed by atoms with E-state index in [1.54, 1.807) is 11.8 Å². The molecule has 0 aliphatic rings. The first-order valence-corrected chi connectivity index (χ1v) is 12.5. The van der Waals surface area contributed by atoms with Crippen LogP contribution in [-0.2, 0) is 0 Å².